The number of nitrogens with zero attached hydrogens (tertiary/aromatic N) is 1. The second-order valence-corrected chi connectivity index (χ2v) is 6.10. The third kappa shape index (κ3) is 3.73. The van der Waals surface area contributed by atoms with E-state index in [1.807, 2.05) is 24.3 Å². The van der Waals surface area contributed by atoms with Gasteiger partial charge in [-0.25, -0.2) is 4.98 Å². The minimum absolute atomic E-state index is 0.0846. The second kappa shape index (κ2) is 8.35. The number of rotatable bonds is 7. The molecule has 2 unspecified atom stereocenters. The molecule has 2 aromatic rings. The highest BCUT2D eigenvalue weighted by Gasteiger charge is 2.30. The zero-order valence-electron chi connectivity index (χ0n) is 16.3. The molecule has 7 heteroatoms. The number of ether oxygens (including phenoxy) is 6. The van der Waals surface area contributed by atoms with Gasteiger partial charge in [0, 0.05) is 0 Å². The lowest BCUT2D eigenvalue weighted by Crippen LogP contribution is -2.04. The molecule has 0 N–H and O–H groups in total. The standard InChI is InChI=1S/C20H25NO6/c1-22-16-7-6-13(21-20(16)26-5)15-9-8-14(27-15)12-10-17(23-2)19(25-4)18(11-12)24-3/h6-7,10-11,14-15H,8-9H2,1-5H3. The Morgan fingerprint density at radius 1 is 0.778 bits per heavy atom. The van der Waals surface area contributed by atoms with Gasteiger partial charge in [-0.15, -0.1) is 0 Å². The highest BCUT2D eigenvalue weighted by Crippen LogP contribution is 2.46. The topological polar surface area (TPSA) is 68.3 Å². The van der Waals surface area contributed by atoms with E-state index in [1.165, 1.54) is 0 Å². The van der Waals surface area contributed by atoms with Crippen molar-refractivity contribution in [3.05, 3.63) is 35.5 Å². The normalized spacial score (nSPS) is 18.9. The maximum Gasteiger partial charge on any atom is 0.257 e. The molecule has 1 aromatic carbocycles. The predicted octanol–water partition coefficient (Wildman–Crippen LogP) is 3.72. The summed E-state index contributed by atoms with van der Waals surface area (Å²) in [6.07, 6.45) is 1.51. The van der Waals surface area contributed by atoms with Crippen LogP contribution in [0.1, 0.15) is 36.3 Å². The molecule has 146 valence electrons. The van der Waals surface area contributed by atoms with Crippen LogP contribution < -0.4 is 23.7 Å². The fourth-order valence-corrected chi connectivity index (χ4v) is 3.31. The van der Waals surface area contributed by atoms with Crippen LogP contribution in [0.15, 0.2) is 24.3 Å². The molecule has 1 aromatic heterocycles. The van der Waals surface area contributed by atoms with Crippen LogP contribution in [0.5, 0.6) is 28.9 Å². The second-order valence-electron chi connectivity index (χ2n) is 6.10. The van der Waals surface area contributed by atoms with E-state index in [2.05, 4.69) is 4.98 Å². The van der Waals surface area contributed by atoms with Gasteiger partial charge >= 0.3 is 0 Å². The van der Waals surface area contributed by atoms with E-state index in [0.717, 1.165) is 24.1 Å². The van der Waals surface area contributed by atoms with E-state index in [9.17, 15) is 0 Å². The van der Waals surface area contributed by atoms with E-state index < -0.39 is 0 Å². The van der Waals surface area contributed by atoms with E-state index in [4.69, 9.17) is 28.4 Å². The van der Waals surface area contributed by atoms with Crippen molar-refractivity contribution >= 4 is 0 Å². The molecule has 27 heavy (non-hydrogen) atoms. The van der Waals surface area contributed by atoms with Crippen LogP contribution in [0.25, 0.3) is 0 Å². The van der Waals surface area contributed by atoms with E-state index in [0.29, 0.717) is 28.9 Å². The van der Waals surface area contributed by atoms with Crippen molar-refractivity contribution in [3.63, 3.8) is 0 Å². The van der Waals surface area contributed by atoms with E-state index in [1.54, 1.807) is 35.5 Å². The summed E-state index contributed by atoms with van der Waals surface area (Å²) in [5.41, 5.74) is 1.80. The summed E-state index contributed by atoms with van der Waals surface area (Å²) < 4.78 is 33.1. The minimum atomic E-state index is -0.117. The maximum atomic E-state index is 6.27. The molecule has 2 atom stereocenters. The quantitative estimate of drug-likeness (QED) is 0.730. The molecule has 0 aliphatic carbocycles. The Morgan fingerprint density at radius 2 is 1.41 bits per heavy atom. The Balaban J connectivity index is 1.84. The Morgan fingerprint density at radius 3 is 1.96 bits per heavy atom. The van der Waals surface area contributed by atoms with Crippen molar-refractivity contribution in [2.75, 3.05) is 35.5 Å². The van der Waals surface area contributed by atoms with E-state index in [-0.39, 0.29) is 12.2 Å². The molecule has 0 spiro atoms. The monoisotopic (exact) mass is 375 g/mol. The SMILES string of the molecule is COc1ccc(C2CCC(c3cc(OC)c(OC)c(OC)c3)O2)nc1OC. The molecule has 1 saturated heterocycles. The molecule has 1 fully saturated rings. The first-order valence-corrected chi connectivity index (χ1v) is 8.69. The van der Waals surface area contributed by atoms with Gasteiger partial charge in [-0.1, -0.05) is 0 Å². The molecule has 1 aliphatic rings. The molecule has 1 aliphatic heterocycles. The molecular formula is C20H25NO6. The van der Waals surface area contributed by atoms with Crippen molar-refractivity contribution in [3.8, 4) is 28.9 Å². The molecule has 0 radical (unpaired) electrons. The lowest BCUT2D eigenvalue weighted by atomic mass is 10.0. The van der Waals surface area contributed by atoms with Gasteiger partial charge in [0.15, 0.2) is 17.2 Å². The first-order chi connectivity index (χ1) is 13.1. The van der Waals surface area contributed by atoms with Crippen LogP contribution in [0.4, 0.5) is 0 Å². The summed E-state index contributed by atoms with van der Waals surface area (Å²) in [4.78, 5) is 4.53. The predicted molar refractivity (Wildman–Crippen MR) is 99.2 cm³/mol. The number of benzene rings is 1. The van der Waals surface area contributed by atoms with E-state index >= 15 is 0 Å². The number of hydrogen-bond donors (Lipinski definition) is 0. The average molecular weight is 375 g/mol. The van der Waals surface area contributed by atoms with Crippen LogP contribution in [0.3, 0.4) is 0 Å². The Kier molecular flexibility index (Phi) is 5.91. The molecule has 0 amide bonds. The Labute approximate surface area is 159 Å². The third-order valence-electron chi connectivity index (χ3n) is 4.67. The molecule has 0 saturated carbocycles. The van der Waals surface area contributed by atoms with Gasteiger partial charge in [0.25, 0.3) is 5.88 Å². The summed E-state index contributed by atoms with van der Waals surface area (Å²) >= 11 is 0. The molecule has 3 rings (SSSR count). The zero-order chi connectivity index (χ0) is 19.4. The summed E-state index contributed by atoms with van der Waals surface area (Å²) in [6, 6.07) is 7.60. The fraction of sp³-hybridized carbons (Fsp3) is 0.450. The van der Waals surface area contributed by atoms with Gasteiger partial charge in [0.2, 0.25) is 5.75 Å². The summed E-state index contributed by atoms with van der Waals surface area (Å²) in [5.74, 6) is 2.85. The first kappa shape index (κ1) is 19.1. The number of aromatic nitrogens is 1. The Bertz CT molecular complexity index is 769. The van der Waals surface area contributed by atoms with Crippen LogP contribution in [0, 0.1) is 0 Å². The number of hydrogen-bond acceptors (Lipinski definition) is 7. The number of pyridine rings is 1. The molecule has 0 bridgehead atoms. The number of methoxy groups -OCH3 is 5. The van der Waals surface area contributed by atoms with Gasteiger partial charge in [-0.3, -0.25) is 0 Å². The molecular weight excluding hydrogens is 350 g/mol. The highest BCUT2D eigenvalue weighted by atomic mass is 16.5. The van der Waals surface area contributed by atoms with Crippen LogP contribution in [-0.4, -0.2) is 40.5 Å². The van der Waals surface area contributed by atoms with Crippen molar-refractivity contribution < 1.29 is 28.4 Å². The first-order valence-electron chi connectivity index (χ1n) is 8.69. The lowest BCUT2D eigenvalue weighted by molar-refractivity contribution is 0.0410. The Hall–Kier alpha value is -2.67. The zero-order valence-corrected chi connectivity index (χ0v) is 16.3. The smallest absolute Gasteiger partial charge is 0.257 e. The van der Waals surface area contributed by atoms with Crippen molar-refractivity contribution in [2.24, 2.45) is 0 Å². The van der Waals surface area contributed by atoms with Gasteiger partial charge in [-0.2, -0.15) is 0 Å². The van der Waals surface area contributed by atoms with Gasteiger partial charge in [0.1, 0.15) is 6.10 Å². The van der Waals surface area contributed by atoms with Crippen LogP contribution in [-0.2, 0) is 4.74 Å². The van der Waals surface area contributed by atoms with Gasteiger partial charge < -0.3 is 28.4 Å². The molecule has 7 nitrogen and oxygen atoms in total. The summed E-state index contributed by atoms with van der Waals surface area (Å²) in [6.45, 7) is 0. The highest BCUT2D eigenvalue weighted by molar-refractivity contribution is 5.54. The van der Waals surface area contributed by atoms with Gasteiger partial charge in [0.05, 0.1) is 47.3 Å². The largest absolute Gasteiger partial charge is 0.493 e. The van der Waals surface area contributed by atoms with Crippen molar-refractivity contribution in [2.45, 2.75) is 25.0 Å². The van der Waals surface area contributed by atoms with Crippen LogP contribution >= 0.6 is 0 Å². The van der Waals surface area contributed by atoms with Gasteiger partial charge in [-0.05, 0) is 42.7 Å². The summed E-state index contributed by atoms with van der Waals surface area (Å²) in [5, 5.41) is 0. The lowest BCUT2D eigenvalue weighted by Gasteiger charge is -2.18. The third-order valence-corrected chi connectivity index (χ3v) is 4.67. The maximum absolute atomic E-state index is 6.27. The summed E-state index contributed by atoms with van der Waals surface area (Å²) in [7, 11) is 7.96. The average Bonchev–Trinajstić information content (AvgIpc) is 3.22. The fourth-order valence-electron chi connectivity index (χ4n) is 3.31. The van der Waals surface area contributed by atoms with Crippen molar-refractivity contribution in [1.29, 1.82) is 0 Å². The molecule has 2 heterocycles. The van der Waals surface area contributed by atoms with Crippen LogP contribution in [0.2, 0.25) is 0 Å². The van der Waals surface area contributed by atoms with Crippen molar-refractivity contribution in [1.82, 2.24) is 4.98 Å². The minimum Gasteiger partial charge on any atom is -0.493 e.